The molecule has 1 aliphatic carbocycles. The number of aliphatic hydroxyl groups is 1. The summed E-state index contributed by atoms with van der Waals surface area (Å²) in [6.45, 7) is 2.33. The van der Waals surface area contributed by atoms with Gasteiger partial charge in [-0.1, -0.05) is 6.42 Å². The third-order valence-corrected chi connectivity index (χ3v) is 3.34. The molecule has 0 spiro atoms. The van der Waals surface area contributed by atoms with Crippen molar-refractivity contribution in [3.8, 4) is 0 Å². The fourth-order valence-electron chi connectivity index (χ4n) is 2.45. The molecule has 16 heavy (non-hydrogen) atoms. The largest absolute Gasteiger partial charge is 0.481 e. The van der Waals surface area contributed by atoms with Gasteiger partial charge in [0.2, 0.25) is 0 Å². The van der Waals surface area contributed by atoms with Gasteiger partial charge in [-0.25, -0.2) is 0 Å². The zero-order chi connectivity index (χ0) is 12.0. The van der Waals surface area contributed by atoms with E-state index in [0.717, 1.165) is 38.5 Å². The van der Waals surface area contributed by atoms with Crippen LogP contribution in [0.5, 0.6) is 0 Å². The molecule has 3 N–H and O–H groups in total. The maximum atomic E-state index is 10.9. The van der Waals surface area contributed by atoms with Gasteiger partial charge >= 0.3 is 5.97 Å². The minimum atomic E-state index is -0.658. The topological polar surface area (TPSA) is 69.6 Å². The first kappa shape index (κ1) is 13.5. The van der Waals surface area contributed by atoms with Gasteiger partial charge < -0.3 is 15.5 Å². The van der Waals surface area contributed by atoms with E-state index in [-0.39, 0.29) is 12.5 Å². The zero-order valence-corrected chi connectivity index (χ0v) is 9.98. The fourth-order valence-corrected chi connectivity index (χ4v) is 2.45. The van der Waals surface area contributed by atoms with Crippen LogP contribution in [0, 0.1) is 5.92 Å². The Morgan fingerprint density at radius 1 is 1.50 bits per heavy atom. The third kappa shape index (κ3) is 4.49. The van der Waals surface area contributed by atoms with Crippen LogP contribution in [0.25, 0.3) is 0 Å². The van der Waals surface area contributed by atoms with E-state index in [4.69, 9.17) is 10.2 Å². The minimum absolute atomic E-state index is 0.170. The van der Waals surface area contributed by atoms with Crippen LogP contribution >= 0.6 is 0 Å². The number of rotatable bonds is 6. The molecule has 0 aliphatic heterocycles. The van der Waals surface area contributed by atoms with Crippen molar-refractivity contribution in [2.45, 2.75) is 57.5 Å². The van der Waals surface area contributed by atoms with Gasteiger partial charge in [0, 0.05) is 18.7 Å². The molecule has 0 amide bonds. The van der Waals surface area contributed by atoms with Crippen LogP contribution in [0.3, 0.4) is 0 Å². The molecule has 1 saturated carbocycles. The van der Waals surface area contributed by atoms with Crippen molar-refractivity contribution in [1.29, 1.82) is 0 Å². The normalized spacial score (nSPS) is 27.6. The molecule has 4 heteroatoms. The molecule has 3 unspecified atom stereocenters. The van der Waals surface area contributed by atoms with Crippen molar-refractivity contribution in [2.75, 3.05) is 6.61 Å². The molecule has 0 aromatic rings. The molecule has 0 radical (unpaired) electrons. The first-order valence-corrected chi connectivity index (χ1v) is 6.23. The Morgan fingerprint density at radius 2 is 2.25 bits per heavy atom. The quantitative estimate of drug-likeness (QED) is 0.643. The lowest BCUT2D eigenvalue weighted by Crippen LogP contribution is -2.41. The lowest BCUT2D eigenvalue weighted by Gasteiger charge is -2.30. The van der Waals surface area contributed by atoms with Gasteiger partial charge in [0.1, 0.15) is 0 Å². The third-order valence-electron chi connectivity index (χ3n) is 3.34. The highest BCUT2D eigenvalue weighted by molar-refractivity contribution is 5.70. The van der Waals surface area contributed by atoms with Crippen LogP contribution in [-0.2, 0) is 4.79 Å². The summed E-state index contributed by atoms with van der Waals surface area (Å²) in [6.07, 6.45) is 5.40. The SMILES string of the molecule is CC(CCCO)NC1CCCC(C(=O)O)C1. The van der Waals surface area contributed by atoms with Gasteiger partial charge in [0.05, 0.1) is 5.92 Å². The van der Waals surface area contributed by atoms with Gasteiger partial charge in [-0.15, -0.1) is 0 Å². The van der Waals surface area contributed by atoms with E-state index in [0.29, 0.717) is 12.1 Å². The molecule has 4 nitrogen and oxygen atoms in total. The Bertz CT molecular complexity index is 220. The monoisotopic (exact) mass is 229 g/mol. The van der Waals surface area contributed by atoms with Gasteiger partial charge in [-0.05, 0) is 39.0 Å². The summed E-state index contributed by atoms with van der Waals surface area (Å²) < 4.78 is 0. The van der Waals surface area contributed by atoms with Crippen LogP contribution in [-0.4, -0.2) is 34.9 Å². The van der Waals surface area contributed by atoms with Crippen molar-refractivity contribution < 1.29 is 15.0 Å². The maximum absolute atomic E-state index is 10.9. The second-order valence-electron chi connectivity index (χ2n) is 4.83. The molecule has 0 saturated heterocycles. The Kier molecular flexibility index (Phi) is 5.77. The lowest BCUT2D eigenvalue weighted by atomic mass is 9.85. The highest BCUT2D eigenvalue weighted by Crippen LogP contribution is 2.24. The number of hydrogen-bond acceptors (Lipinski definition) is 3. The average molecular weight is 229 g/mol. The second kappa shape index (κ2) is 6.86. The van der Waals surface area contributed by atoms with Crippen molar-refractivity contribution in [2.24, 2.45) is 5.92 Å². The van der Waals surface area contributed by atoms with Crippen molar-refractivity contribution >= 4 is 5.97 Å². The molecule has 0 aromatic heterocycles. The number of hydrogen-bond donors (Lipinski definition) is 3. The molecule has 94 valence electrons. The van der Waals surface area contributed by atoms with Crippen molar-refractivity contribution in [1.82, 2.24) is 5.32 Å². The summed E-state index contributed by atoms with van der Waals surface area (Å²) >= 11 is 0. The molecular formula is C12H23NO3. The molecule has 0 heterocycles. The number of nitrogens with one attached hydrogen (secondary N) is 1. The van der Waals surface area contributed by atoms with Crippen molar-refractivity contribution in [3.63, 3.8) is 0 Å². The second-order valence-corrected chi connectivity index (χ2v) is 4.83. The van der Waals surface area contributed by atoms with Gasteiger partial charge in [-0.3, -0.25) is 4.79 Å². The predicted molar refractivity (Wildman–Crippen MR) is 62.3 cm³/mol. The first-order chi connectivity index (χ1) is 7.63. The Morgan fingerprint density at radius 3 is 2.88 bits per heavy atom. The summed E-state index contributed by atoms with van der Waals surface area (Å²) in [4.78, 5) is 10.9. The molecule has 1 aliphatic rings. The van der Waals surface area contributed by atoms with Crippen LogP contribution in [0.4, 0.5) is 0 Å². The molecule has 0 bridgehead atoms. The van der Waals surface area contributed by atoms with Gasteiger partial charge in [0.25, 0.3) is 0 Å². The standard InChI is InChI=1S/C12H23NO3/c1-9(4-3-7-14)13-11-6-2-5-10(8-11)12(15)16/h9-11,13-14H,2-8H2,1H3,(H,15,16). The fraction of sp³-hybridized carbons (Fsp3) is 0.917. The van der Waals surface area contributed by atoms with E-state index >= 15 is 0 Å². The Balaban J connectivity index is 2.28. The Labute approximate surface area is 97.0 Å². The lowest BCUT2D eigenvalue weighted by molar-refractivity contribution is -0.143. The van der Waals surface area contributed by atoms with Gasteiger partial charge in [0.15, 0.2) is 0 Å². The summed E-state index contributed by atoms with van der Waals surface area (Å²) in [7, 11) is 0. The number of aliphatic hydroxyl groups excluding tert-OH is 1. The van der Waals surface area contributed by atoms with E-state index in [1.54, 1.807) is 0 Å². The molecule has 1 rings (SSSR count). The van der Waals surface area contributed by atoms with E-state index in [1.807, 2.05) is 0 Å². The van der Waals surface area contributed by atoms with E-state index < -0.39 is 5.97 Å². The van der Waals surface area contributed by atoms with Crippen LogP contribution in [0.1, 0.15) is 45.4 Å². The average Bonchev–Trinajstić information content (AvgIpc) is 2.26. The van der Waals surface area contributed by atoms with E-state index in [1.165, 1.54) is 0 Å². The van der Waals surface area contributed by atoms with E-state index in [2.05, 4.69) is 12.2 Å². The number of carboxylic acid groups (broad SMARTS) is 1. The molecule has 0 aromatic carbocycles. The molecular weight excluding hydrogens is 206 g/mol. The summed E-state index contributed by atoms with van der Waals surface area (Å²) in [5.41, 5.74) is 0. The Hall–Kier alpha value is -0.610. The number of aliphatic carboxylic acids is 1. The first-order valence-electron chi connectivity index (χ1n) is 6.23. The predicted octanol–water partition coefficient (Wildman–Crippen LogP) is 1.38. The summed E-state index contributed by atoms with van der Waals surface area (Å²) in [6, 6.07) is 0.702. The smallest absolute Gasteiger partial charge is 0.306 e. The summed E-state index contributed by atoms with van der Waals surface area (Å²) in [5.74, 6) is -0.828. The van der Waals surface area contributed by atoms with Crippen LogP contribution in [0.15, 0.2) is 0 Å². The maximum Gasteiger partial charge on any atom is 0.306 e. The molecule has 3 atom stereocenters. The number of carbonyl (C=O) groups is 1. The van der Waals surface area contributed by atoms with Crippen LogP contribution < -0.4 is 5.32 Å². The summed E-state index contributed by atoms with van der Waals surface area (Å²) in [5, 5.41) is 21.2. The highest BCUT2D eigenvalue weighted by Gasteiger charge is 2.27. The highest BCUT2D eigenvalue weighted by atomic mass is 16.4. The van der Waals surface area contributed by atoms with Crippen molar-refractivity contribution in [3.05, 3.63) is 0 Å². The molecule has 1 fully saturated rings. The number of carboxylic acids is 1. The van der Waals surface area contributed by atoms with Gasteiger partial charge in [-0.2, -0.15) is 0 Å². The zero-order valence-electron chi connectivity index (χ0n) is 9.98. The van der Waals surface area contributed by atoms with E-state index in [9.17, 15) is 4.79 Å². The van der Waals surface area contributed by atoms with Crippen LogP contribution in [0.2, 0.25) is 0 Å². The minimum Gasteiger partial charge on any atom is -0.481 e.